The Morgan fingerprint density at radius 3 is 1.54 bits per heavy atom. The van der Waals surface area contributed by atoms with Crippen LogP contribution in [0.2, 0.25) is 10.0 Å². The Balaban J connectivity index is 0.00000243. The van der Waals surface area contributed by atoms with Gasteiger partial charge in [0.1, 0.15) is 33.0 Å². The number of ether oxygens (including phenoxy) is 4. The van der Waals surface area contributed by atoms with E-state index in [1.807, 2.05) is 36.7 Å². The van der Waals surface area contributed by atoms with Crippen LogP contribution in [0.15, 0.2) is 91.3 Å². The Hall–Kier alpha value is -3.63. The van der Waals surface area contributed by atoms with E-state index in [0.29, 0.717) is 39.1 Å². The maximum atomic E-state index is 6.44. The molecule has 1 fully saturated rings. The quantitative estimate of drug-likeness (QED) is 0.123. The molecule has 0 atom stereocenters. The molecule has 3 heterocycles. The third kappa shape index (κ3) is 9.86. The van der Waals surface area contributed by atoms with Crippen LogP contribution in [0.3, 0.4) is 0 Å². The Morgan fingerprint density at radius 1 is 0.635 bits per heavy atom. The summed E-state index contributed by atoms with van der Waals surface area (Å²) in [6.45, 7) is 3.57. The molecule has 0 unspecified atom stereocenters. The molecular formula is C39H43Cl5N4O4. The molecular weight excluding hydrogens is 766 g/mol. The Kier molecular flexibility index (Phi) is 16.5. The van der Waals surface area contributed by atoms with Crippen molar-refractivity contribution >= 4 is 66.1 Å². The second kappa shape index (κ2) is 20.0. The van der Waals surface area contributed by atoms with E-state index in [0.717, 1.165) is 61.5 Å². The minimum Gasteiger partial charge on any atom is -0.495 e. The number of aromatic nitrogens is 2. The number of pyridine rings is 2. The summed E-state index contributed by atoms with van der Waals surface area (Å²) in [5.74, 6) is 2.21. The first kappa shape index (κ1) is 42.8. The summed E-state index contributed by atoms with van der Waals surface area (Å²) in [5.41, 5.74) is 7.05. The van der Waals surface area contributed by atoms with E-state index in [4.69, 9.17) is 42.1 Å². The molecule has 3 aromatic carbocycles. The summed E-state index contributed by atoms with van der Waals surface area (Å²) >= 11 is 12.8. The highest BCUT2D eigenvalue weighted by molar-refractivity contribution is 6.34. The second-order valence-electron chi connectivity index (χ2n) is 12.0. The SMILES string of the molecule is COc1cc(-c2cc(CN3CCC(N(Cc4ccnc(-c5cc(OC)c(Cl)c(OC)c5)c4)c4ccccc4)CC3)ccn2)cc(OC)c1Cl.Cl.Cl.Cl. The highest BCUT2D eigenvalue weighted by Gasteiger charge is 2.26. The average molecular weight is 809 g/mol. The van der Waals surface area contributed by atoms with Gasteiger partial charge in [-0.05, 0) is 84.6 Å². The van der Waals surface area contributed by atoms with Gasteiger partial charge in [0.25, 0.3) is 0 Å². The van der Waals surface area contributed by atoms with Gasteiger partial charge < -0.3 is 23.8 Å². The third-order valence-corrected chi connectivity index (χ3v) is 9.72. The molecule has 0 radical (unpaired) electrons. The normalized spacial score (nSPS) is 12.8. The number of halogens is 5. The first-order valence-corrected chi connectivity index (χ1v) is 16.9. The summed E-state index contributed by atoms with van der Waals surface area (Å²) in [6, 6.07) is 27.1. The predicted molar refractivity (Wildman–Crippen MR) is 218 cm³/mol. The van der Waals surface area contributed by atoms with Crippen LogP contribution < -0.4 is 23.8 Å². The van der Waals surface area contributed by atoms with Crippen molar-refractivity contribution in [3.05, 3.63) is 112 Å². The average Bonchev–Trinajstić information content (AvgIpc) is 3.15. The number of methoxy groups -OCH3 is 4. The van der Waals surface area contributed by atoms with Crippen molar-refractivity contribution in [3.8, 4) is 45.5 Å². The number of anilines is 1. The van der Waals surface area contributed by atoms with Crippen LogP contribution in [0, 0.1) is 0 Å². The molecule has 13 heteroatoms. The molecule has 0 aliphatic carbocycles. The van der Waals surface area contributed by atoms with Crippen LogP contribution in [0.1, 0.15) is 24.0 Å². The van der Waals surface area contributed by atoms with Gasteiger partial charge >= 0.3 is 0 Å². The topological polar surface area (TPSA) is 69.2 Å². The summed E-state index contributed by atoms with van der Waals surface area (Å²) < 4.78 is 22.0. The maximum Gasteiger partial charge on any atom is 0.141 e. The number of hydrogen-bond acceptors (Lipinski definition) is 8. The van der Waals surface area contributed by atoms with Gasteiger partial charge in [-0.15, -0.1) is 37.2 Å². The standard InChI is InChI=1S/C39H40Cl2N4O4.3ClH/c1-46-34-20-28(21-35(47-2)38(34)40)32-18-26(10-14-42-32)24-44-16-12-31(13-17-44)45(30-8-6-5-7-9-30)25-27-11-15-43-33(19-27)29-22-36(48-3)39(41)37(23-29)49-4;;;/h5-11,14-15,18-23,31H,12-13,16-17,24-25H2,1-4H3;3*1H. The van der Waals surface area contributed by atoms with Crippen LogP contribution >= 0.6 is 60.4 Å². The molecule has 278 valence electrons. The molecule has 0 amide bonds. The zero-order valence-corrected chi connectivity index (χ0v) is 33.3. The zero-order chi connectivity index (χ0) is 34.3. The van der Waals surface area contributed by atoms with Crippen LogP contribution in [-0.4, -0.2) is 62.4 Å². The molecule has 1 aliphatic heterocycles. The predicted octanol–water partition coefficient (Wildman–Crippen LogP) is 10.1. The largest absolute Gasteiger partial charge is 0.495 e. The number of rotatable bonds is 12. The van der Waals surface area contributed by atoms with Gasteiger partial charge in [-0.25, -0.2) is 0 Å². The van der Waals surface area contributed by atoms with Crippen molar-refractivity contribution in [1.29, 1.82) is 0 Å². The molecule has 0 saturated carbocycles. The van der Waals surface area contributed by atoms with E-state index < -0.39 is 0 Å². The summed E-state index contributed by atoms with van der Waals surface area (Å²) in [4.78, 5) is 14.4. The van der Waals surface area contributed by atoms with Crippen molar-refractivity contribution in [1.82, 2.24) is 14.9 Å². The molecule has 0 spiro atoms. The molecule has 2 aromatic heterocycles. The van der Waals surface area contributed by atoms with E-state index >= 15 is 0 Å². The number of nitrogens with zero attached hydrogens (tertiary/aromatic N) is 4. The molecule has 6 rings (SSSR count). The van der Waals surface area contributed by atoms with E-state index in [9.17, 15) is 0 Å². The van der Waals surface area contributed by atoms with Crippen LogP contribution in [0.5, 0.6) is 23.0 Å². The van der Waals surface area contributed by atoms with Crippen molar-refractivity contribution in [2.45, 2.75) is 32.0 Å². The van der Waals surface area contributed by atoms with Gasteiger partial charge in [0.2, 0.25) is 0 Å². The summed E-state index contributed by atoms with van der Waals surface area (Å²) in [5, 5.41) is 0.892. The van der Waals surface area contributed by atoms with E-state index in [1.54, 1.807) is 28.4 Å². The lowest BCUT2D eigenvalue weighted by atomic mass is 10.00. The molecule has 1 saturated heterocycles. The molecule has 1 aliphatic rings. The van der Waals surface area contributed by atoms with Gasteiger partial charge in [-0.3, -0.25) is 14.9 Å². The van der Waals surface area contributed by atoms with Crippen LogP contribution in [0.25, 0.3) is 22.5 Å². The van der Waals surface area contributed by atoms with E-state index in [1.165, 1.54) is 16.8 Å². The van der Waals surface area contributed by atoms with Crippen LogP contribution in [0.4, 0.5) is 5.69 Å². The first-order chi connectivity index (χ1) is 23.9. The number of likely N-dealkylation sites (tertiary alicyclic amines) is 1. The number of benzene rings is 3. The van der Waals surface area contributed by atoms with Gasteiger partial charge in [0, 0.05) is 61.4 Å². The highest BCUT2D eigenvalue weighted by Crippen LogP contribution is 2.40. The molecule has 0 N–H and O–H groups in total. The van der Waals surface area contributed by atoms with Gasteiger partial charge in [-0.2, -0.15) is 0 Å². The van der Waals surface area contributed by atoms with Gasteiger partial charge in [0.15, 0.2) is 0 Å². The maximum absolute atomic E-state index is 6.44. The van der Waals surface area contributed by atoms with E-state index in [-0.39, 0.29) is 37.2 Å². The minimum absolute atomic E-state index is 0. The van der Waals surface area contributed by atoms with Crippen LogP contribution in [-0.2, 0) is 13.1 Å². The molecule has 8 nitrogen and oxygen atoms in total. The zero-order valence-electron chi connectivity index (χ0n) is 29.4. The van der Waals surface area contributed by atoms with Gasteiger partial charge in [0.05, 0.1) is 39.8 Å². The first-order valence-electron chi connectivity index (χ1n) is 16.2. The number of piperidine rings is 1. The summed E-state index contributed by atoms with van der Waals surface area (Å²) in [7, 11) is 6.40. The third-order valence-electron chi connectivity index (χ3n) is 8.98. The fourth-order valence-corrected chi connectivity index (χ4v) is 6.92. The molecule has 0 bridgehead atoms. The number of hydrogen-bond donors (Lipinski definition) is 0. The van der Waals surface area contributed by atoms with Gasteiger partial charge in [-0.1, -0.05) is 41.4 Å². The Bertz CT molecular complexity index is 1840. The fraction of sp³-hybridized carbons (Fsp3) is 0.282. The lowest BCUT2D eigenvalue weighted by Crippen LogP contribution is -2.44. The smallest absolute Gasteiger partial charge is 0.141 e. The Labute approximate surface area is 334 Å². The monoisotopic (exact) mass is 806 g/mol. The summed E-state index contributed by atoms with van der Waals surface area (Å²) in [6.07, 6.45) is 5.81. The molecule has 52 heavy (non-hydrogen) atoms. The lowest BCUT2D eigenvalue weighted by Gasteiger charge is -2.40. The second-order valence-corrected chi connectivity index (χ2v) is 12.7. The molecule has 5 aromatic rings. The van der Waals surface area contributed by atoms with Crippen molar-refractivity contribution in [2.75, 3.05) is 46.4 Å². The lowest BCUT2D eigenvalue weighted by molar-refractivity contribution is 0.201. The fourth-order valence-electron chi connectivity index (χ4n) is 6.39. The number of para-hydroxylation sites is 1. The van der Waals surface area contributed by atoms with Crippen molar-refractivity contribution in [3.63, 3.8) is 0 Å². The van der Waals surface area contributed by atoms with E-state index in [2.05, 4.69) is 74.4 Å². The Morgan fingerprint density at radius 2 is 1.08 bits per heavy atom. The van der Waals surface area contributed by atoms with Crippen molar-refractivity contribution < 1.29 is 18.9 Å². The van der Waals surface area contributed by atoms with Crippen molar-refractivity contribution in [2.24, 2.45) is 0 Å². The highest BCUT2D eigenvalue weighted by atomic mass is 35.5. The minimum atomic E-state index is 0.